The first-order valence-corrected chi connectivity index (χ1v) is 11.1. The Kier molecular flexibility index (Phi) is 7.06. The highest BCUT2D eigenvalue weighted by molar-refractivity contribution is 7.15. The normalized spacial score (nSPS) is 10.5. The van der Waals surface area contributed by atoms with Gasteiger partial charge in [0.2, 0.25) is 11.0 Å². The maximum Gasteiger partial charge on any atom is 0.257 e. The van der Waals surface area contributed by atoms with Gasteiger partial charge in [0, 0.05) is 23.2 Å². The molecule has 33 heavy (non-hydrogen) atoms. The molecule has 0 aliphatic heterocycles. The van der Waals surface area contributed by atoms with E-state index in [1.165, 1.54) is 11.3 Å². The van der Waals surface area contributed by atoms with Gasteiger partial charge in [-0.1, -0.05) is 59.9 Å². The van der Waals surface area contributed by atoms with E-state index >= 15 is 0 Å². The van der Waals surface area contributed by atoms with Crippen LogP contribution in [0.15, 0.2) is 78.9 Å². The molecule has 0 fully saturated rings. The third-order valence-corrected chi connectivity index (χ3v) is 5.70. The molecular weight excluding hydrogens is 436 g/mol. The van der Waals surface area contributed by atoms with E-state index in [1.807, 2.05) is 54.6 Å². The van der Waals surface area contributed by atoms with Crippen molar-refractivity contribution in [3.63, 3.8) is 0 Å². The van der Waals surface area contributed by atoms with Crippen LogP contribution < -0.4 is 15.4 Å². The molecule has 4 rings (SSSR count). The van der Waals surface area contributed by atoms with Crippen molar-refractivity contribution in [3.05, 3.63) is 101 Å². The van der Waals surface area contributed by atoms with Crippen molar-refractivity contribution in [1.82, 2.24) is 10.2 Å². The highest BCUT2D eigenvalue weighted by Gasteiger charge is 2.12. The van der Waals surface area contributed by atoms with Crippen LogP contribution in [-0.4, -0.2) is 29.1 Å². The number of ether oxygens (including phenoxy) is 1. The van der Waals surface area contributed by atoms with Crippen LogP contribution in [0.4, 0.5) is 10.8 Å². The minimum absolute atomic E-state index is 0.116. The third-order valence-electron chi connectivity index (χ3n) is 4.86. The SMILES string of the molecule is COc1ccccc1Cc1nnc(NC(=O)c2ccc(NC(=O)Cc3ccccc3)cc2)s1. The summed E-state index contributed by atoms with van der Waals surface area (Å²) in [6.45, 7) is 0. The molecule has 0 aliphatic rings. The first kappa shape index (κ1) is 22.2. The molecular formula is C25H22N4O3S. The molecule has 0 saturated carbocycles. The Labute approximate surface area is 195 Å². The second-order valence-corrected chi connectivity index (χ2v) is 8.29. The van der Waals surface area contributed by atoms with Gasteiger partial charge in [0.25, 0.3) is 5.91 Å². The van der Waals surface area contributed by atoms with Gasteiger partial charge in [-0.3, -0.25) is 14.9 Å². The standard InChI is InChI=1S/C25H22N4O3S/c1-32-21-10-6-5-9-19(21)16-23-28-29-25(33-23)27-24(31)18-11-13-20(14-12-18)26-22(30)15-17-7-3-2-4-8-17/h2-14H,15-16H2,1H3,(H,26,30)(H,27,29,31). The van der Waals surface area contributed by atoms with Gasteiger partial charge in [-0.2, -0.15) is 0 Å². The molecule has 1 aromatic heterocycles. The number of para-hydroxylation sites is 1. The minimum Gasteiger partial charge on any atom is -0.496 e. The molecule has 0 aliphatic carbocycles. The molecule has 2 amide bonds. The van der Waals surface area contributed by atoms with Crippen LogP contribution in [0.2, 0.25) is 0 Å². The fourth-order valence-corrected chi connectivity index (χ4v) is 4.01. The number of benzene rings is 3. The van der Waals surface area contributed by atoms with Crippen LogP contribution in [0, 0.1) is 0 Å². The van der Waals surface area contributed by atoms with Gasteiger partial charge in [0.1, 0.15) is 10.8 Å². The molecule has 0 unspecified atom stereocenters. The Morgan fingerprint density at radius 1 is 0.879 bits per heavy atom. The van der Waals surface area contributed by atoms with E-state index in [1.54, 1.807) is 31.4 Å². The van der Waals surface area contributed by atoms with E-state index in [-0.39, 0.29) is 18.2 Å². The highest BCUT2D eigenvalue weighted by Crippen LogP contribution is 2.24. The number of anilines is 2. The lowest BCUT2D eigenvalue weighted by Gasteiger charge is -2.07. The topological polar surface area (TPSA) is 93.2 Å². The number of hydrogen-bond donors (Lipinski definition) is 2. The lowest BCUT2D eigenvalue weighted by Crippen LogP contribution is -2.15. The van der Waals surface area contributed by atoms with Crippen LogP contribution in [0.3, 0.4) is 0 Å². The second kappa shape index (κ2) is 10.5. The fourth-order valence-electron chi connectivity index (χ4n) is 3.25. The predicted octanol–water partition coefficient (Wildman–Crippen LogP) is 4.57. The summed E-state index contributed by atoms with van der Waals surface area (Å²) < 4.78 is 5.37. The van der Waals surface area contributed by atoms with Crippen molar-refractivity contribution in [2.75, 3.05) is 17.7 Å². The van der Waals surface area contributed by atoms with Gasteiger partial charge in [-0.05, 0) is 35.9 Å². The van der Waals surface area contributed by atoms with Gasteiger partial charge < -0.3 is 10.1 Å². The summed E-state index contributed by atoms with van der Waals surface area (Å²) >= 11 is 1.32. The number of aromatic nitrogens is 2. The number of carbonyl (C=O) groups excluding carboxylic acids is 2. The second-order valence-electron chi connectivity index (χ2n) is 7.23. The number of nitrogens with one attached hydrogen (secondary N) is 2. The zero-order valence-electron chi connectivity index (χ0n) is 17.9. The summed E-state index contributed by atoms with van der Waals surface area (Å²) in [6.07, 6.45) is 0.853. The van der Waals surface area contributed by atoms with Crippen molar-refractivity contribution in [1.29, 1.82) is 0 Å². The van der Waals surface area contributed by atoms with Gasteiger partial charge in [0.15, 0.2) is 0 Å². The summed E-state index contributed by atoms with van der Waals surface area (Å²) in [4.78, 5) is 24.8. The summed E-state index contributed by atoms with van der Waals surface area (Å²) in [6, 6.07) is 23.9. The molecule has 4 aromatic rings. The van der Waals surface area contributed by atoms with E-state index in [0.29, 0.717) is 22.8 Å². The van der Waals surface area contributed by atoms with Crippen molar-refractivity contribution in [2.45, 2.75) is 12.8 Å². The van der Waals surface area contributed by atoms with Crippen molar-refractivity contribution < 1.29 is 14.3 Å². The summed E-state index contributed by atoms with van der Waals surface area (Å²) in [5.74, 6) is 0.376. The molecule has 0 spiro atoms. The highest BCUT2D eigenvalue weighted by atomic mass is 32.1. The third kappa shape index (κ3) is 6.02. The minimum atomic E-state index is -0.294. The van der Waals surface area contributed by atoms with E-state index in [0.717, 1.165) is 21.9 Å². The van der Waals surface area contributed by atoms with Crippen LogP contribution in [0.25, 0.3) is 0 Å². The zero-order chi connectivity index (χ0) is 23.0. The fraction of sp³-hybridized carbons (Fsp3) is 0.120. The van der Waals surface area contributed by atoms with Crippen molar-refractivity contribution in [2.24, 2.45) is 0 Å². The van der Waals surface area contributed by atoms with Crippen LogP contribution in [-0.2, 0) is 17.6 Å². The molecule has 2 N–H and O–H groups in total. The van der Waals surface area contributed by atoms with Crippen LogP contribution >= 0.6 is 11.3 Å². The average Bonchev–Trinajstić information content (AvgIpc) is 3.27. The van der Waals surface area contributed by atoms with Crippen molar-refractivity contribution in [3.8, 4) is 5.75 Å². The van der Waals surface area contributed by atoms with Gasteiger partial charge in [-0.25, -0.2) is 0 Å². The molecule has 0 radical (unpaired) electrons. The molecule has 1 heterocycles. The molecule has 0 saturated heterocycles. The number of methoxy groups -OCH3 is 1. The smallest absolute Gasteiger partial charge is 0.257 e. The largest absolute Gasteiger partial charge is 0.496 e. The first-order chi connectivity index (χ1) is 16.1. The maximum atomic E-state index is 12.6. The summed E-state index contributed by atoms with van der Waals surface area (Å²) in [5, 5.41) is 15.0. The average molecular weight is 459 g/mol. The lowest BCUT2D eigenvalue weighted by molar-refractivity contribution is -0.115. The van der Waals surface area contributed by atoms with E-state index in [4.69, 9.17) is 4.74 Å². The lowest BCUT2D eigenvalue weighted by atomic mass is 10.1. The first-order valence-electron chi connectivity index (χ1n) is 10.3. The molecule has 0 bridgehead atoms. The summed E-state index contributed by atoms with van der Waals surface area (Å²) in [5.41, 5.74) is 3.02. The quantitative estimate of drug-likeness (QED) is 0.403. The van der Waals surface area contributed by atoms with Gasteiger partial charge >= 0.3 is 0 Å². The molecule has 166 valence electrons. The maximum absolute atomic E-state index is 12.6. The van der Waals surface area contributed by atoms with E-state index in [2.05, 4.69) is 20.8 Å². The predicted molar refractivity (Wildman–Crippen MR) is 129 cm³/mol. The number of nitrogens with zero attached hydrogens (tertiary/aromatic N) is 2. The molecule has 0 atom stereocenters. The monoisotopic (exact) mass is 458 g/mol. The Balaban J connectivity index is 1.33. The Morgan fingerprint density at radius 3 is 2.36 bits per heavy atom. The van der Waals surface area contributed by atoms with Gasteiger partial charge in [0.05, 0.1) is 13.5 Å². The Morgan fingerprint density at radius 2 is 1.61 bits per heavy atom. The summed E-state index contributed by atoms with van der Waals surface area (Å²) in [7, 11) is 1.63. The van der Waals surface area contributed by atoms with Crippen LogP contribution in [0.1, 0.15) is 26.5 Å². The van der Waals surface area contributed by atoms with Crippen LogP contribution in [0.5, 0.6) is 5.75 Å². The molecule has 7 nitrogen and oxygen atoms in total. The van der Waals surface area contributed by atoms with E-state index in [9.17, 15) is 9.59 Å². The van der Waals surface area contributed by atoms with Gasteiger partial charge in [-0.15, -0.1) is 10.2 Å². The number of hydrogen-bond acceptors (Lipinski definition) is 6. The number of rotatable bonds is 8. The van der Waals surface area contributed by atoms with Crippen molar-refractivity contribution >= 4 is 34.0 Å². The Hall–Kier alpha value is -4.04. The zero-order valence-corrected chi connectivity index (χ0v) is 18.8. The molecule has 3 aromatic carbocycles. The Bertz CT molecular complexity index is 1240. The number of carbonyl (C=O) groups is 2. The molecule has 8 heteroatoms. The number of amides is 2. The van der Waals surface area contributed by atoms with E-state index < -0.39 is 0 Å².